The molecule has 7 nitrogen and oxygen atoms in total. The van der Waals surface area contributed by atoms with Gasteiger partial charge in [-0.2, -0.15) is 0 Å². The summed E-state index contributed by atoms with van der Waals surface area (Å²) in [5.74, 6) is -1.37. The van der Waals surface area contributed by atoms with Crippen molar-refractivity contribution in [3.63, 3.8) is 0 Å². The molecule has 2 N–H and O–H groups in total. The van der Waals surface area contributed by atoms with Gasteiger partial charge in [0.15, 0.2) is 17.5 Å². The number of H-pyrrole nitrogens is 1. The molecule has 1 aromatic carbocycles. The first-order valence-electron chi connectivity index (χ1n) is 8.94. The van der Waals surface area contributed by atoms with E-state index in [4.69, 9.17) is 4.74 Å². The van der Waals surface area contributed by atoms with Gasteiger partial charge in [0, 0.05) is 22.7 Å². The van der Waals surface area contributed by atoms with Crippen molar-refractivity contribution in [3.05, 3.63) is 57.7 Å². The van der Waals surface area contributed by atoms with Crippen LogP contribution in [0.5, 0.6) is 0 Å². The summed E-state index contributed by atoms with van der Waals surface area (Å²) >= 11 is 1.30. The van der Waals surface area contributed by atoms with Crippen LogP contribution in [0.2, 0.25) is 0 Å². The summed E-state index contributed by atoms with van der Waals surface area (Å²) in [4.78, 5) is 42.4. The van der Waals surface area contributed by atoms with Gasteiger partial charge in [-0.3, -0.25) is 14.9 Å². The molecule has 0 atom stereocenters. The van der Waals surface area contributed by atoms with Gasteiger partial charge in [0.2, 0.25) is 0 Å². The Hall–Kier alpha value is -3.26. The lowest BCUT2D eigenvalue weighted by Crippen LogP contribution is -2.21. The number of carbonyl (C=O) groups is 3. The Bertz CT molecular complexity index is 1100. The highest BCUT2D eigenvalue weighted by Crippen LogP contribution is 2.29. The summed E-state index contributed by atoms with van der Waals surface area (Å²) in [5, 5.41) is 4.94. The van der Waals surface area contributed by atoms with E-state index >= 15 is 0 Å². The lowest BCUT2D eigenvalue weighted by atomic mass is 9.99. The first-order valence-corrected chi connectivity index (χ1v) is 9.82. The molecule has 150 valence electrons. The predicted molar refractivity (Wildman–Crippen MR) is 111 cm³/mol. The summed E-state index contributed by atoms with van der Waals surface area (Å²) in [6.07, 6.45) is 1.42. The van der Waals surface area contributed by atoms with Crippen LogP contribution < -0.4 is 5.32 Å². The first kappa shape index (κ1) is 20.5. The number of thiazole rings is 1. The molecule has 3 aromatic rings. The minimum Gasteiger partial charge on any atom is -0.451 e. The third-order valence-corrected chi connectivity index (χ3v) is 5.27. The van der Waals surface area contributed by atoms with Gasteiger partial charge in [-0.1, -0.05) is 6.07 Å². The smallest absolute Gasteiger partial charge is 0.355 e. The molecule has 0 fully saturated rings. The quantitative estimate of drug-likeness (QED) is 0.470. The Balaban J connectivity index is 1.59. The van der Waals surface area contributed by atoms with Gasteiger partial charge in [-0.15, -0.1) is 11.3 Å². The number of rotatable bonds is 6. The van der Waals surface area contributed by atoms with E-state index in [-0.39, 0.29) is 11.5 Å². The molecule has 0 bridgehead atoms. The number of aromatic nitrogens is 2. The molecule has 0 spiro atoms. The summed E-state index contributed by atoms with van der Waals surface area (Å²) < 4.78 is 4.98. The third-order valence-electron chi connectivity index (χ3n) is 4.51. The second kappa shape index (κ2) is 8.40. The standard InChI is InChI=1S/C21H21N3O4S/c1-11-5-13(3)16(6-12(11)2)18-10-29-21(23-18)24-19(26)9-28-20(27)17-7-15(8-22-17)14(4)25/h5-8,10,22H,9H2,1-4H3,(H,23,24,26). The SMILES string of the molecule is CC(=O)c1c[nH]c(C(=O)OCC(=O)Nc2nc(-c3cc(C)c(C)cc3C)cs2)c1. The number of nitrogens with zero attached hydrogens (tertiary/aromatic N) is 1. The van der Waals surface area contributed by atoms with Gasteiger partial charge in [0.1, 0.15) is 5.69 Å². The van der Waals surface area contributed by atoms with Crippen molar-refractivity contribution in [3.8, 4) is 11.3 Å². The van der Waals surface area contributed by atoms with Gasteiger partial charge in [0.25, 0.3) is 5.91 Å². The maximum Gasteiger partial charge on any atom is 0.355 e. The molecular formula is C21H21N3O4S. The van der Waals surface area contributed by atoms with Crippen LogP contribution in [0.15, 0.2) is 29.8 Å². The number of nitrogens with one attached hydrogen (secondary N) is 2. The molecule has 0 aliphatic heterocycles. The van der Waals surface area contributed by atoms with Crippen LogP contribution in [0, 0.1) is 20.8 Å². The number of hydrogen-bond donors (Lipinski definition) is 2. The fraction of sp³-hybridized carbons (Fsp3) is 0.238. The van der Waals surface area contributed by atoms with Crippen LogP contribution in [0.25, 0.3) is 11.3 Å². The van der Waals surface area contributed by atoms with Crippen molar-refractivity contribution in [2.45, 2.75) is 27.7 Å². The molecule has 3 rings (SSSR count). The number of Topliss-reactive ketones (excluding diaryl/α,β-unsaturated/α-hetero) is 1. The number of ketones is 1. The molecule has 0 radical (unpaired) electrons. The highest BCUT2D eigenvalue weighted by atomic mass is 32.1. The van der Waals surface area contributed by atoms with Crippen LogP contribution in [0.3, 0.4) is 0 Å². The van der Waals surface area contributed by atoms with E-state index in [9.17, 15) is 14.4 Å². The van der Waals surface area contributed by atoms with E-state index in [1.54, 1.807) is 0 Å². The normalized spacial score (nSPS) is 10.6. The van der Waals surface area contributed by atoms with E-state index in [0.717, 1.165) is 16.8 Å². The number of benzene rings is 1. The Morgan fingerprint density at radius 1 is 1.10 bits per heavy atom. The number of aryl methyl sites for hydroxylation is 3. The Labute approximate surface area is 172 Å². The number of carbonyl (C=O) groups excluding carboxylic acids is 3. The number of ether oxygens (including phenoxy) is 1. The number of hydrogen-bond acceptors (Lipinski definition) is 6. The van der Waals surface area contributed by atoms with Crippen LogP contribution in [-0.4, -0.2) is 34.2 Å². The lowest BCUT2D eigenvalue weighted by Gasteiger charge is -2.07. The zero-order valence-corrected chi connectivity index (χ0v) is 17.4. The zero-order chi connectivity index (χ0) is 21.1. The average molecular weight is 411 g/mol. The Kier molecular flexibility index (Phi) is 5.93. The van der Waals surface area contributed by atoms with Gasteiger partial charge in [0.05, 0.1) is 5.69 Å². The number of esters is 1. The van der Waals surface area contributed by atoms with Crippen molar-refractivity contribution < 1.29 is 19.1 Å². The Morgan fingerprint density at radius 2 is 1.83 bits per heavy atom. The van der Waals surface area contributed by atoms with Gasteiger partial charge in [-0.25, -0.2) is 9.78 Å². The lowest BCUT2D eigenvalue weighted by molar-refractivity contribution is -0.119. The molecule has 8 heteroatoms. The van der Waals surface area contributed by atoms with Crippen molar-refractivity contribution >= 4 is 34.1 Å². The van der Waals surface area contributed by atoms with E-state index in [0.29, 0.717) is 10.7 Å². The highest BCUT2D eigenvalue weighted by Gasteiger charge is 2.15. The van der Waals surface area contributed by atoms with Crippen molar-refractivity contribution in [2.24, 2.45) is 0 Å². The maximum atomic E-state index is 12.1. The first-order chi connectivity index (χ1) is 13.7. The van der Waals surface area contributed by atoms with Crippen LogP contribution in [0.4, 0.5) is 5.13 Å². The van der Waals surface area contributed by atoms with Crippen LogP contribution in [0.1, 0.15) is 44.5 Å². The van der Waals surface area contributed by atoms with Crippen molar-refractivity contribution in [2.75, 3.05) is 11.9 Å². The largest absolute Gasteiger partial charge is 0.451 e. The predicted octanol–water partition coefficient (Wildman–Crippen LogP) is 4.06. The monoisotopic (exact) mass is 411 g/mol. The second-order valence-electron chi connectivity index (χ2n) is 6.77. The van der Waals surface area contributed by atoms with Crippen LogP contribution in [-0.2, 0) is 9.53 Å². The molecule has 2 aromatic heterocycles. The molecule has 1 amide bonds. The highest BCUT2D eigenvalue weighted by molar-refractivity contribution is 7.14. The summed E-state index contributed by atoms with van der Waals surface area (Å²) in [6.45, 7) is 7.08. The minimum absolute atomic E-state index is 0.116. The molecule has 0 aliphatic rings. The average Bonchev–Trinajstić information content (AvgIpc) is 3.32. The van der Waals surface area contributed by atoms with E-state index in [1.165, 1.54) is 41.7 Å². The summed E-state index contributed by atoms with van der Waals surface area (Å²) in [5.41, 5.74) is 5.79. The number of amides is 1. The van der Waals surface area contributed by atoms with E-state index in [1.807, 2.05) is 19.2 Å². The van der Waals surface area contributed by atoms with E-state index in [2.05, 4.69) is 34.3 Å². The fourth-order valence-electron chi connectivity index (χ4n) is 2.77. The topological polar surface area (TPSA) is 101 Å². The van der Waals surface area contributed by atoms with Crippen molar-refractivity contribution in [1.82, 2.24) is 9.97 Å². The molecule has 0 saturated carbocycles. The Morgan fingerprint density at radius 3 is 2.52 bits per heavy atom. The van der Waals surface area contributed by atoms with Gasteiger partial charge < -0.3 is 9.72 Å². The number of anilines is 1. The zero-order valence-electron chi connectivity index (χ0n) is 16.6. The van der Waals surface area contributed by atoms with Crippen molar-refractivity contribution in [1.29, 1.82) is 0 Å². The maximum absolute atomic E-state index is 12.1. The fourth-order valence-corrected chi connectivity index (χ4v) is 3.50. The molecule has 0 unspecified atom stereocenters. The number of aromatic amines is 1. The van der Waals surface area contributed by atoms with Gasteiger partial charge in [-0.05, 0) is 56.5 Å². The molecule has 29 heavy (non-hydrogen) atoms. The molecule has 2 heterocycles. The van der Waals surface area contributed by atoms with Gasteiger partial charge >= 0.3 is 5.97 Å². The third kappa shape index (κ3) is 4.78. The second-order valence-corrected chi connectivity index (χ2v) is 7.63. The minimum atomic E-state index is -0.710. The molecule has 0 aliphatic carbocycles. The van der Waals surface area contributed by atoms with Crippen LogP contribution >= 0.6 is 11.3 Å². The summed E-state index contributed by atoms with van der Waals surface area (Å²) in [7, 11) is 0. The molecular weight excluding hydrogens is 390 g/mol. The summed E-state index contributed by atoms with van der Waals surface area (Å²) in [6, 6.07) is 5.58. The molecule has 0 saturated heterocycles. The van der Waals surface area contributed by atoms with E-state index < -0.39 is 18.5 Å².